The minimum absolute atomic E-state index is 0.0582. The smallest absolute Gasteiger partial charge is 0.229 e. The lowest BCUT2D eigenvalue weighted by molar-refractivity contribution is 0.260. The molecule has 0 bridgehead atoms. The Morgan fingerprint density at radius 1 is 1.15 bits per heavy atom. The van der Waals surface area contributed by atoms with Crippen molar-refractivity contribution in [1.29, 1.82) is 0 Å². The first-order chi connectivity index (χ1) is 12.7. The van der Waals surface area contributed by atoms with Gasteiger partial charge in [-0.25, -0.2) is 9.67 Å². The van der Waals surface area contributed by atoms with Crippen molar-refractivity contribution in [2.75, 3.05) is 11.9 Å². The van der Waals surface area contributed by atoms with Gasteiger partial charge in [-0.3, -0.25) is 4.68 Å². The van der Waals surface area contributed by atoms with Gasteiger partial charge in [0.25, 0.3) is 0 Å². The van der Waals surface area contributed by atoms with Gasteiger partial charge in [-0.1, -0.05) is 19.8 Å². The van der Waals surface area contributed by atoms with Crippen LogP contribution < -0.4 is 5.32 Å². The fourth-order valence-electron chi connectivity index (χ4n) is 3.60. The van der Waals surface area contributed by atoms with Crippen LogP contribution in [0.25, 0.3) is 11.0 Å². The number of aromatic nitrogens is 6. The Balaban J connectivity index is 1.50. The highest BCUT2D eigenvalue weighted by Crippen LogP contribution is 2.29. The molecule has 8 nitrogen and oxygen atoms in total. The fraction of sp³-hybridized carbons (Fsp3) is 0.556. The van der Waals surface area contributed by atoms with E-state index < -0.39 is 0 Å². The van der Waals surface area contributed by atoms with Crippen molar-refractivity contribution >= 4 is 22.7 Å². The van der Waals surface area contributed by atoms with E-state index in [9.17, 15) is 0 Å². The van der Waals surface area contributed by atoms with Crippen LogP contribution in [0.5, 0.6) is 0 Å². The van der Waals surface area contributed by atoms with Crippen molar-refractivity contribution in [3.05, 3.63) is 24.8 Å². The van der Waals surface area contributed by atoms with Gasteiger partial charge < -0.3 is 10.4 Å². The Bertz CT molecular complexity index is 863. The number of fused-ring (bicyclic) bond motifs is 1. The van der Waals surface area contributed by atoms with E-state index >= 15 is 0 Å². The van der Waals surface area contributed by atoms with E-state index in [4.69, 9.17) is 5.11 Å². The second-order valence-corrected chi connectivity index (χ2v) is 7.27. The Kier molecular flexibility index (Phi) is 4.83. The monoisotopic (exact) mass is 355 g/mol. The van der Waals surface area contributed by atoms with Gasteiger partial charge in [0.1, 0.15) is 0 Å². The van der Waals surface area contributed by atoms with Crippen molar-refractivity contribution in [3.8, 4) is 0 Å². The second kappa shape index (κ2) is 7.41. The van der Waals surface area contributed by atoms with E-state index in [0.29, 0.717) is 18.4 Å². The molecule has 0 saturated heterocycles. The number of aliphatic hydroxyl groups excluding tert-OH is 1. The molecule has 1 aliphatic carbocycles. The van der Waals surface area contributed by atoms with Crippen LogP contribution in [0.2, 0.25) is 0 Å². The van der Waals surface area contributed by atoms with E-state index in [1.54, 1.807) is 17.1 Å². The molecule has 26 heavy (non-hydrogen) atoms. The molecule has 1 fully saturated rings. The number of aliphatic hydroxyl groups is 1. The summed E-state index contributed by atoms with van der Waals surface area (Å²) in [4.78, 5) is 9.02. The van der Waals surface area contributed by atoms with E-state index in [-0.39, 0.29) is 6.61 Å². The van der Waals surface area contributed by atoms with Crippen molar-refractivity contribution in [2.24, 2.45) is 11.8 Å². The molecule has 3 aromatic heterocycles. The zero-order valence-electron chi connectivity index (χ0n) is 15.0. The number of rotatable bonds is 6. The van der Waals surface area contributed by atoms with E-state index in [1.807, 2.05) is 17.1 Å². The Morgan fingerprint density at radius 2 is 2.00 bits per heavy atom. The lowest BCUT2D eigenvalue weighted by atomic mass is 9.83. The highest BCUT2D eigenvalue weighted by Gasteiger charge is 2.20. The lowest BCUT2D eigenvalue weighted by Crippen LogP contribution is -2.18. The summed E-state index contributed by atoms with van der Waals surface area (Å²) in [6.07, 6.45) is 12.3. The van der Waals surface area contributed by atoms with Crippen LogP contribution in [-0.4, -0.2) is 41.2 Å². The minimum Gasteiger partial charge on any atom is -0.394 e. The van der Waals surface area contributed by atoms with E-state index in [0.717, 1.165) is 29.2 Å². The first-order valence-electron chi connectivity index (χ1n) is 9.30. The number of anilines is 2. The van der Waals surface area contributed by atoms with Gasteiger partial charge in [0, 0.05) is 18.9 Å². The maximum atomic E-state index is 8.98. The maximum absolute atomic E-state index is 8.98. The molecule has 0 aliphatic heterocycles. The molecule has 0 atom stereocenters. The average Bonchev–Trinajstić information content (AvgIpc) is 3.24. The van der Waals surface area contributed by atoms with Crippen LogP contribution >= 0.6 is 0 Å². The van der Waals surface area contributed by atoms with Crippen molar-refractivity contribution in [2.45, 2.75) is 45.7 Å². The zero-order chi connectivity index (χ0) is 17.9. The molecular weight excluding hydrogens is 330 g/mol. The SMILES string of the molecule is C[C@H]1CC[C@H](Cn2ncc3cnc(Nc4cnn(CCO)c4)nc32)CC1. The summed E-state index contributed by atoms with van der Waals surface area (Å²) in [5.41, 5.74) is 1.66. The van der Waals surface area contributed by atoms with Crippen LogP contribution in [0.1, 0.15) is 32.6 Å². The second-order valence-electron chi connectivity index (χ2n) is 7.27. The van der Waals surface area contributed by atoms with E-state index in [1.165, 1.54) is 25.7 Å². The highest BCUT2D eigenvalue weighted by molar-refractivity contribution is 5.75. The number of hydrogen-bond donors (Lipinski definition) is 2. The quantitative estimate of drug-likeness (QED) is 0.706. The molecule has 138 valence electrons. The minimum atomic E-state index is 0.0582. The van der Waals surface area contributed by atoms with Gasteiger partial charge >= 0.3 is 0 Å². The molecule has 4 rings (SSSR count). The lowest BCUT2D eigenvalue weighted by Gasteiger charge is -2.26. The molecule has 3 aromatic rings. The Hall–Kier alpha value is -2.48. The van der Waals surface area contributed by atoms with Crippen LogP contribution in [-0.2, 0) is 13.1 Å². The average molecular weight is 355 g/mol. The molecule has 0 aromatic carbocycles. The van der Waals surface area contributed by atoms with Crippen LogP contribution in [0.4, 0.5) is 11.6 Å². The summed E-state index contributed by atoms with van der Waals surface area (Å²) in [6, 6.07) is 0. The number of hydrogen-bond acceptors (Lipinski definition) is 6. The molecule has 0 radical (unpaired) electrons. The van der Waals surface area contributed by atoms with Crippen LogP contribution in [0.3, 0.4) is 0 Å². The third-order valence-electron chi connectivity index (χ3n) is 5.16. The van der Waals surface area contributed by atoms with Crippen molar-refractivity contribution in [1.82, 2.24) is 29.5 Å². The predicted molar refractivity (Wildman–Crippen MR) is 99.0 cm³/mol. The summed E-state index contributed by atoms with van der Waals surface area (Å²) in [5, 5.41) is 21.8. The fourth-order valence-corrected chi connectivity index (χ4v) is 3.60. The third-order valence-corrected chi connectivity index (χ3v) is 5.16. The molecule has 0 unspecified atom stereocenters. The van der Waals surface area contributed by atoms with Gasteiger partial charge in [0.05, 0.1) is 36.6 Å². The normalized spacial score (nSPS) is 20.5. The summed E-state index contributed by atoms with van der Waals surface area (Å²) < 4.78 is 3.69. The molecule has 0 spiro atoms. The molecule has 2 N–H and O–H groups in total. The molecule has 0 amide bonds. The number of nitrogens with one attached hydrogen (secondary N) is 1. The topological polar surface area (TPSA) is 93.7 Å². The third kappa shape index (κ3) is 3.70. The molecule has 3 heterocycles. The standard InChI is InChI=1S/C18H25N7O/c1-13-2-4-14(5-3-13)11-25-17-15(9-21-25)8-19-18(23-17)22-16-10-20-24(12-16)6-7-26/h8-10,12-14,26H,2-7,11H2,1H3,(H,19,22,23)/t13-,14-. The Labute approximate surface area is 152 Å². The summed E-state index contributed by atoms with van der Waals surface area (Å²) in [6.45, 7) is 3.78. The molecule has 1 aliphatic rings. The summed E-state index contributed by atoms with van der Waals surface area (Å²) in [7, 11) is 0. The summed E-state index contributed by atoms with van der Waals surface area (Å²) >= 11 is 0. The Morgan fingerprint density at radius 3 is 2.81 bits per heavy atom. The summed E-state index contributed by atoms with van der Waals surface area (Å²) in [5.74, 6) is 2.06. The van der Waals surface area contributed by atoms with Crippen molar-refractivity contribution < 1.29 is 5.11 Å². The number of nitrogens with zero attached hydrogens (tertiary/aromatic N) is 6. The van der Waals surface area contributed by atoms with Gasteiger partial charge in [0.15, 0.2) is 5.65 Å². The highest BCUT2D eigenvalue weighted by atomic mass is 16.3. The van der Waals surface area contributed by atoms with Crippen LogP contribution in [0.15, 0.2) is 24.8 Å². The molecule has 8 heteroatoms. The first-order valence-corrected chi connectivity index (χ1v) is 9.30. The van der Waals surface area contributed by atoms with Crippen LogP contribution in [0, 0.1) is 11.8 Å². The largest absolute Gasteiger partial charge is 0.394 e. The van der Waals surface area contributed by atoms with Gasteiger partial charge in [-0.15, -0.1) is 0 Å². The molecule has 1 saturated carbocycles. The predicted octanol–water partition coefficient (Wildman–Crippen LogP) is 2.59. The van der Waals surface area contributed by atoms with E-state index in [2.05, 4.69) is 32.4 Å². The zero-order valence-corrected chi connectivity index (χ0v) is 15.0. The van der Waals surface area contributed by atoms with Gasteiger partial charge in [-0.05, 0) is 24.7 Å². The van der Waals surface area contributed by atoms with Crippen molar-refractivity contribution in [3.63, 3.8) is 0 Å². The van der Waals surface area contributed by atoms with Gasteiger partial charge in [0.2, 0.25) is 5.95 Å². The van der Waals surface area contributed by atoms with Gasteiger partial charge in [-0.2, -0.15) is 15.2 Å². The first kappa shape index (κ1) is 17.0. The maximum Gasteiger partial charge on any atom is 0.229 e. The molecular formula is C18H25N7O.